The third-order valence-corrected chi connectivity index (χ3v) is 9.12. The van der Waals surface area contributed by atoms with Crippen LogP contribution in [0, 0.1) is 55.4 Å². The first kappa shape index (κ1) is 21.0. The van der Waals surface area contributed by atoms with Crippen LogP contribution in [-0.2, 0) is 23.8 Å². The minimum atomic E-state index is -0.842. The van der Waals surface area contributed by atoms with Gasteiger partial charge in [-0.2, -0.15) is 0 Å². The van der Waals surface area contributed by atoms with Gasteiger partial charge >= 0.3 is 129 Å². The van der Waals surface area contributed by atoms with Crippen LogP contribution in [0.1, 0.15) is 45.0 Å². The second-order valence-electron chi connectivity index (χ2n) is 5.61. The van der Waals surface area contributed by atoms with Crippen molar-refractivity contribution in [2.75, 3.05) is 0 Å². The van der Waals surface area contributed by atoms with Gasteiger partial charge in [0, 0.05) is 0 Å². The standard InChI is InChI=1S/2C8H12N.2ClH.Zr/c2*1-5-6(2)8(4)9-7(5)3;;;/h2*1-4H3;2*1H;/q2*-1;;;+4/p-2. The molecule has 0 radical (unpaired) electrons. The third-order valence-electron chi connectivity index (χ3n) is 4.84. The van der Waals surface area contributed by atoms with Gasteiger partial charge in [-0.3, -0.25) is 0 Å². The fraction of sp³-hybridized carbons (Fsp3) is 0.500. The minimum Gasteiger partial charge on any atom is -1.00 e. The van der Waals surface area contributed by atoms with E-state index >= 15 is 0 Å². The molecule has 2 nitrogen and oxygen atoms in total. The molecule has 5 heteroatoms. The first-order valence-corrected chi connectivity index (χ1v) is 9.04. The van der Waals surface area contributed by atoms with Crippen LogP contribution in [-0.4, -0.2) is 5.02 Å². The van der Waals surface area contributed by atoms with Crippen molar-refractivity contribution in [3.63, 3.8) is 0 Å². The van der Waals surface area contributed by atoms with Gasteiger partial charge in [0.25, 0.3) is 0 Å². The van der Waals surface area contributed by atoms with E-state index in [4.69, 9.17) is 0 Å². The van der Waals surface area contributed by atoms with Crippen LogP contribution in [0.4, 0.5) is 0 Å². The van der Waals surface area contributed by atoms with Crippen molar-refractivity contribution in [3.8, 4) is 0 Å². The summed E-state index contributed by atoms with van der Waals surface area (Å²) in [7, 11) is 0. The molecule has 0 aliphatic carbocycles. The average molecular weight is 407 g/mol. The maximum atomic E-state index is 2.60. The summed E-state index contributed by atoms with van der Waals surface area (Å²) in [6, 6.07) is 0. The Bertz CT molecular complexity index is 547. The van der Waals surface area contributed by atoms with Crippen molar-refractivity contribution in [1.29, 1.82) is 0 Å². The summed E-state index contributed by atoms with van der Waals surface area (Å²) in [5, 5.41) is 0. The second-order valence-corrected chi connectivity index (χ2v) is 8.30. The minimum absolute atomic E-state index is 0. The van der Waals surface area contributed by atoms with Crippen molar-refractivity contribution in [2.24, 2.45) is 0 Å². The number of hydrogen-bond acceptors (Lipinski definition) is 0. The van der Waals surface area contributed by atoms with E-state index < -0.39 is 23.8 Å². The maximum Gasteiger partial charge on any atom is -1.00 e. The summed E-state index contributed by atoms with van der Waals surface area (Å²) in [5.74, 6) is 0. The molecule has 0 N–H and O–H groups in total. The molecule has 0 amide bonds. The molecule has 116 valence electrons. The van der Waals surface area contributed by atoms with E-state index in [0.717, 1.165) is 0 Å². The zero-order chi connectivity index (χ0) is 14.5. The van der Waals surface area contributed by atoms with Gasteiger partial charge in [-0.05, 0) is 0 Å². The Morgan fingerprint density at radius 2 is 0.667 bits per heavy atom. The zero-order valence-corrected chi connectivity index (χ0v) is 18.1. The van der Waals surface area contributed by atoms with Crippen LogP contribution in [0.2, 0.25) is 0 Å². The second kappa shape index (κ2) is 7.53. The number of aromatic nitrogens is 2. The smallest absolute Gasteiger partial charge is 1.00 e. The van der Waals surface area contributed by atoms with Crippen molar-refractivity contribution < 1.29 is 48.6 Å². The molecular weight excluding hydrogens is 382 g/mol. The molecule has 0 spiro atoms. The number of nitrogens with zero attached hydrogens (tertiary/aromatic N) is 2. The Morgan fingerprint density at radius 1 is 0.476 bits per heavy atom. The zero-order valence-electron chi connectivity index (χ0n) is 14.2. The molecule has 0 saturated carbocycles. The summed E-state index contributed by atoms with van der Waals surface area (Å²) in [4.78, 5) is 0. The van der Waals surface area contributed by atoms with Gasteiger partial charge in [-0.25, -0.2) is 0 Å². The molecule has 0 fully saturated rings. The predicted molar refractivity (Wildman–Crippen MR) is 77.6 cm³/mol. The molecule has 0 aliphatic rings. The molecule has 2 aromatic heterocycles. The molecule has 0 unspecified atom stereocenters. The summed E-state index contributed by atoms with van der Waals surface area (Å²) in [6.07, 6.45) is 0. The third kappa shape index (κ3) is 3.36. The molecule has 2 rings (SSSR count). The van der Waals surface area contributed by atoms with Crippen molar-refractivity contribution in [2.45, 2.75) is 55.4 Å². The summed E-state index contributed by atoms with van der Waals surface area (Å²) in [5.41, 5.74) is 11.7. The van der Waals surface area contributed by atoms with Gasteiger partial charge in [0.1, 0.15) is 0 Å². The number of rotatable bonds is 2. The summed E-state index contributed by atoms with van der Waals surface area (Å²) in [6.45, 7) is 18.1. The van der Waals surface area contributed by atoms with E-state index in [9.17, 15) is 0 Å². The average Bonchev–Trinajstić information content (AvgIpc) is 2.68. The Morgan fingerprint density at radius 3 is 0.857 bits per heavy atom. The molecule has 21 heavy (non-hydrogen) atoms. The van der Waals surface area contributed by atoms with Gasteiger partial charge in [0.15, 0.2) is 0 Å². The first-order valence-electron chi connectivity index (χ1n) is 6.84. The van der Waals surface area contributed by atoms with Crippen LogP contribution in [0.15, 0.2) is 0 Å². The molecule has 0 bridgehead atoms. The Labute approximate surface area is 153 Å². The maximum absolute atomic E-state index is 2.60. The van der Waals surface area contributed by atoms with Crippen LogP contribution in [0.5, 0.6) is 0 Å². The topological polar surface area (TPSA) is 9.86 Å². The van der Waals surface area contributed by atoms with E-state index in [1.54, 1.807) is 0 Å². The fourth-order valence-corrected chi connectivity index (χ4v) is 6.27. The van der Waals surface area contributed by atoms with Crippen molar-refractivity contribution in [1.82, 2.24) is 5.02 Å². The van der Waals surface area contributed by atoms with Crippen LogP contribution in [0.3, 0.4) is 0 Å². The largest absolute Gasteiger partial charge is 1.00 e. The van der Waals surface area contributed by atoms with Crippen LogP contribution < -0.4 is 24.8 Å². The summed E-state index contributed by atoms with van der Waals surface area (Å²) < 4.78 is 5.21. The Kier molecular flexibility index (Phi) is 7.54. The monoisotopic (exact) mass is 404 g/mol. The van der Waals surface area contributed by atoms with Gasteiger partial charge in [-0.15, -0.1) is 0 Å². The van der Waals surface area contributed by atoms with Crippen molar-refractivity contribution >= 4 is 0 Å². The molecule has 0 aliphatic heterocycles. The van der Waals surface area contributed by atoms with Gasteiger partial charge in [0.2, 0.25) is 0 Å². The number of halogens is 2. The fourth-order valence-electron chi connectivity index (χ4n) is 2.66. The van der Waals surface area contributed by atoms with Crippen LogP contribution in [0.25, 0.3) is 0 Å². The van der Waals surface area contributed by atoms with Crippen molar-refractivity contribution in [3.05, 3.63) is 45.0 Å². The predicted octanol–water partition coefficient (Wildman–Crippen LogP) is -1.93. The van der Waals surface area contributed by atoms with E-state index in [-0.39, 0.29) is 24.8 Å². The van der Waals surface area contributed by atoms with Gasteiger partial charge < -0.3 is 24.8 Å². The molecule has 2 heterocycles. The molecule has 0 aromatic carbocycles. The SMILES string of the molecule is Cc1c(C)c(C)[n]([Zr+2][n]2c(C)c(C)c(C)c2C)c1C.[Cl-].[Cl-]. The van der Waals surface area contributed by atoms with E-state index in [1.807, 2.05) is 0 Å². The Hall–Kier alpha value is 0.0231. The van der Waals surface area contributed by atoms with Crippen LogP contribution >= 0.6 is 0 Å². The quantitative estimate of drug-likeness (QED) is 0.550. The van der Waals surface area contributed by atoms with Gasteiger partial charge in [0.05, 0.1) is 0 Å². The normalized spacial score (nSPS) is 9.90. The first-order chi connectivity index (χ1) is 8.77. The molecule has 0 saturated heterocycles. The summed E-state index contributed by atoms with van der Waals surface area (Å²) >= 11 is -0.842. The Balaban J connectivity index is 0.00000200. The van der Waals surface area contributed by atoms with E-state index in [1.165, 1.54) is 45.0 Å². The molecule has 2 aromatic rings. The van der Waals surface area contributed by atoms with E-state index in [2.05, 4.69) is 60.4 Å². The molecular formula is C16H24Cl2N2Zr. The van der Waals surface area contributed by atoms with E-state index in [0.29, 0.717) is 0 Å². The van der Waals surface area contributed by atoms with Gasteiger partial charge in [-0.1, -0.05) is 0 Å². The number of hydrogen-bond donors (Lipinski definition) is 0. The molecule has 0 atom stereocenters.